The minimum Gasteiger partial charge on any atom is -0.384 e. The van der Waals surface area contributed by atoms with Crippen LogP contribution in [0.5, 0.6) is 0 Å². The summed E-state index contributed by atoms with van der Waals surface area (Å²) in [4.78, 5) is 0. The maximum absolute atomic E-state index is 13.3. The van der Waals surface area contributed by atoms with Gasteiger partial charge in [-0.25, -0.2) is 4.39 Å². The highest BCUT2D eigenvalue weighted by molar-refractivity contribution is 5.76. The van der Waals surface area contributed by atoms with Crippen molar-refractivity contribution in [2.75, 3.05) is 5.73 Å². The molecule has 0 aliphatic heterocycles. The second kappa shape index (κ2) is 3.76. The average Bonchev–Trinajstić information content (AvgIpc) is 2.62. The van der Waals surface area contributed by atoms with Crippen molar-refractivity contribution in [3.63, 3.8) is 0 Å². The maximum Gasteiger partial charge on any atom is 0.419 e. The van der Waals surface area contributed by atoms with Crippen LogP contribution in [0.1, 0.15) is 5.56 Å². The monoisotopic (exact) mass is 245 g/mol. The van der Waals surface area contributed by atoms with Gasteiger partial charge in [0, 0.05) is 11.1 Å². The fourth-order valence-electron chi connectivity index (χ4n) is 1.55. The number of aromatic nitrogens is 2. The summed E-state index contributed by atoms with van der Waals surface area (Å²) in [6.45, 7) is 0. The van der Waals surface area contributed by atoms with Gasteiger partial charge in [-0.2, -0.15) is 18.3 Å². The Morgan fingerprint density at radius 1 is 1.18 bits per heavy atom. The number of aromatic amines is 1. The predicted octanol–water partition coefficient (Wildman–Crippen LogP) is 2.82. The Hall–Kier alpha value is -2.05. The van der Waals surface area contributed by atoms with Gasteiger partial charge in [0.2, 0.25) is 0 Å². The van der Waals surface area contributed by atoms with Crippen molar-refractivity contribution < 1.29 is 17.6 Å². The third-order valence-corrected chi connectivity index (χ3v) is 2.26. The molecule has 0 bridgehead atoms. The maximum atomic E-state index is 13.3. The molecule has 0 atom stereocenters. The summed E-state index contributed by atoms with van der Waals surface area (Å²) in [5, 5.41) is 5.81. The minimum absolute atomic E-state index is 0.0248. The van der Waals surface area contributed by atoms with E-state index in [9.17, 15) is 17.6 Å². The molecule has 3 N–H and O–H groups in total. The summed E-state index contributed by atoms with van der Waals surface area (Å²) in [6, 6.07) is 3.09. The largest absolute Gasteiger partial charge is 0.419 e. The van der Waals surface area contributed by atoms with Gasteiger partial charge in [-0.05, 0) is 6.07 Å². The van der Waals surface area contributed by atoms with E-state index < -0.39 is 17.6 Å². The summed E-state index contributed by atoms with van der Waals surface area (Å²) in [6.07, 6.45) is -3.66. The Balaban J connectivity index is 2.71. The predicted molar refractivity (Wildman–Crippen MR) is 53.4 cm³/mol. The average molecular weight is 245 g/mol. The van der Waals surface area contributed by atoms with E-state index in [-0.39, 0.29) is 16.9 Å². The Morgan fingerprint density at radius 2 is 1.88 bits per heavy atom. The van der Waals surface area contributed by atoms with Crippen LogP contribution in [0.2, 0.25) is 0 Å². The van der Waals surface area contributed by atoms with E-state index in [2.05, 4.69) is 10.2 Å². The molecule has 1 aromatic heterocycles. The van der Waals surface area contributed by atoms with Crippen LogP contribution in [0, 0.1) is 5.82 Å². The fourth-order valence-corrected chi connectivity index (χ4v) is 1.55. The highest BCUT2D eigenvalue weighted by Gasteiger charge is 2.37. The highest BCUT2D eigenvalue weighted by Crippen LogP contribution is 2.39. The molecule has 0 aliphatic rings. The zero-order valence-corrected chi connectivity index (χ0v) is 8.35. The van der Waals surface area contributed by atoms with Crippen molar-refractivity contribution in [3.05, 3.63) is 35.8 Å². The van der Waals surface area contributed by atoms with Crippen LogP contribution in [-0.2, 0) is 6.18 Å². The van der Waals surface area contributed by atoms with Gasteiger partial charge < -0.3 is 5.73 Å². The van der Waals surface area contributed by atoms with Gasteiger partial charge in [-0.1, -0.05) is 12.1 Å². The number of rotatable bonds is 1. The molecule has 0 unspecified atom stereocenters. The van der Waals surface area contributed by atoms with E-state index in [0.717, 1.165) is 18.3 Å². The number of H-pyrrole nitrogens is 1. The van der Waals surface area contributed by atoms with Gasteiger partial charge in [0.05, 0.1) is 11.8 Å². The first-order chi connectivity index (χ1) is 7.91. The molecule has 0 aliphatic carbocycles. The number of hydrogen-bond donors (Lipinski definition) is 2. The van der Waals surface area contributed by atoms with Crippen LogP contribution < -0.4 is 5.73 Å². The van der Waals surface area contributed by atoms with Gasteiger partial charge >= 0.3 is 6.18 Å². The molecule has 1 aromatic carbocycles. The number of nitrogens with two attached hydrogens (primary N) is 1. The number of hydrogen-bond acceptors (Lipinski definition) is 2. The molecule has 7 heteroatoms. The molecular weight excluding hydrogens is 238 g/mol. The molecule has 0 saturated heterocycles. The quantitative estimate of drug-likeness (QED) is 0.759. The summed E-state index contributed by atoms with van der Waals surface area (Å²) in [5.74, 6) is -1.38. The van der Waals surface area contributed by atoms with Crippen molar-refractivity contribution >= 4 is 5.82 Å². The van der Waals surface area contributed by atoms with Crippen molar-refractivity contribution in [1.29, 1.82) is 0 Å². The number of anilines is 1. The van der Waals surface area contributed by atoms with Crippen LogP contribution in [0.25, 0.3) is 11.1 Å². The van der Waals surface area contributed by atoms with Crippen molar-refractivity contribution in [3.8, 4) is 11.1 Å². The lowest BCUT2D eigenvalue weighted by atomic mass is 10.0. The SMILES string of the molecule is Nc1[nH]ncc1-c1cccc(F)c1C(F)(F)F. The van der Waals surface area contributed by atoms with E-state index in [1.807, 2.05) is 0 Å². The molecular formula is C10H7F4N3. The third kappa shape index (κ3) is 1.95. The topological polar surface area (TPSA) is 54.7 Å². The lowest BCUT2D eigenvalue weighted by Crippen LogP contribution is -2.10. The first-order valence-electron chi connectivity index (χ1n) is 4.56. The van der Waals surface area contributed by atoms with Gasteiger partial charge in [0.15, 0.2) is 0 Å². The van der Waals surface area contributed by atoms with E-state index in [4.69, 9.17) is 5.73 Å². The van der Waals surface area contributed by atoms with Gasteiger partial charge in [-0.3, -0.25) is 5.10 Å². The number of nitrogens with one attached hydrogen (secondary N) is 1. The number of nitrogen functional groups attached to an aromatic ring is 1. The molecule has 0 radical (unpaired) electrons. The van der Waals surface area contributed by atoms with Crippen LogP contribution in [0.15, 0.2) is 24.4 Å². The molecule has 0 amide bonds. The van der Waals surface area contributed by atoms with Gasteiger partial charge in [0.25, 0.3) is 0 Å². The third-order valence-electron chi connectivity index (χ3n) is 2.26. The first-order valence-corrected chi connectivity index (χ1v) is 4.56. The number of alkyl halides is 3. The van der Waals surface area contributed by atoms with Crippen molar-refractivity contribution in [1.82, 2.24) is 10.2 Å². The molecule has 90 valence electrons. The smallest absolute Gasteiger partial charge is 0.384 e. The number of halogens is 4. The minimum atomic E-state index is -4.79. The lowest BCUT2D eigenvalue weighted by molar-refractivity contribution is -0.139. The summed E-state index contributed by atoms with van der Waals surface area (Å²) < 4.78 is 51.4. The summed E-state index contributed by atoms with van der Waals surface area (Å²) in [7, 11) is 0. The zero-order chi connectivity index (χ0) is 12.6. The molecule has 17 heavy (non-hydrogen) atoms. The van der Waals surface area contributed by atoms with Crippen LogP contribution in [0.3, 0.4) is 0 Å². The molecule has 2 rings (SSSR count). The van der Waals surface area contributed by atoms with E-state index in [1.165, 1.54) is 6.07 Å². The fraction of sp³-hybridized carbons (Fsp3) is 0.100. The summed E-state index contributed by atoms with van der Waals surface area (Å²) >= 11 is 0. The van der Waals surface area contributed by atoms with Gasteiger partial charge in [-0.15, -0.1) is 0 Å². The van der Waals surface area contributed by atoms with E-state index in [0.29, 0.717) is 0 Å². The van der Waals surface area contributed by atoms with Crippen molar-refractivity contribution in [2.24, 2.45) is 0 Å². The second-order valence-electron chi connectivity index (χ2n) is 3.36. The van der Waals surface area contributed by atoms with Crippen LogP contribution in [0.4, 0.5) is 23.4 Å². The first kappa shape index (κ1) is 11.4. The lowest BCUT2D eigenvalue weighted by Gasteiger charge is -2.12. The molecule has 0 saturated carbocycles. The molecule has 0 fully saturated rings. The highest BCUT2D eigenvalue weighted by atomic mass is 19.4. The molecule has 0 spiro atoms. The molecule has 3 nitrogen and oxygen atoms in total. The van der Waals surface area contributed by atoms with Crippen LogP contribution in [-0.4, -0.2) is 10.2 Å². The van der Waals surface area contributed by atoms with E-state index in [1.54, 1.807) is 0 Å². The van der Waals surface area contributed by atoms with Crippen LogP contribution >= 0.6 is 0 Å². The number of benzene rings is 1. The number of nitrogens with zero attached hydrogens (tertiary/aromatic N) is 1. The zero-order valence-electron chi connectivity index (χ0n) is 8.35. The second-order valence-corrected chi connectivity index (χ2v) is 3.36. The Morgan fingerprint density at radius 3 is 2.41 bits per heavy atom. The standard InChI is InChI=1S/C10H7F4N3/c11-7-3-1-2-5(8(7)10(12,13)14)6-4-16-17-9(6)15/h1-4H,(H3,15,16,17). The Labute approximate surface area is 93.3 Å². The Bertz CT molecular complexity index is 545. The van der Waals surface area contributed by atoms with E-state index >= 15 is 0 Å². The van der Waals surface area contributed by atoms with Gasteiger partial charge in [0.1, 0.15) is 11.6 Å². The molecule has 1 heterocycles. The summed E-state index contributed by atoms with van der Waals surface area (Å²) in [5.41, 5.74) is 3.78. The van der Waals surface area contributed by atoms with Crippen molar-refractivity contribution in [2.45, 2.75) is 6.18 Å². The molecule has 2 aromatic rings. The Kier molecular flexibility index (Phi) is 2.53. The normalized spacial score (nSPS) is 11.8.